The Labute approximate surface area is 94.4 Å². The Bertz CT molecular complexity index is 272. The second-order valence-corrected chi connectivity index (χ2v) is 4.70. The summed E-state index contributed by atoms with van der Waals surface area (Å²) in [4.78, 5) is 1.38. The Morgan fingerprint density at radius 2 is 2.53 bits per heavy atom. The first-order valence-electron chi connectivity index (χ1n) is 5.32. The number of hydrogen-bond donors (Lipinski definition) is 1. The number of rotatable bonds is 6. The second-order valence-electron chi connectivity index (χ2n) is 3.72. The van der Waals surface area contributed by atoms with Crippen molar-refractivity contribution in [2.75, 3.05) is 26.4 Å². The zero-order valence-corrected chi connectivity index (χ0v) is 9.76. The van der Waals surface area contributed by atoms with E-state index < -0.39 is 0 Å². The molecule has 1 aliphatic heterocycles. The predicted molar refractivity (Wildman–Crippen MR) is 61.3 cm³/mol. The number of nitrogens with one attached hydrogen (secondary N) is 1. The minimum absolute atomic E-state index is 0.337. The molecule has 1 fully saturated rings. The molecule has 4 heteroatoms. The van der Waals surface area contributed by atoms with Gasteiger partial charge in [0.25, 0.3) is 0 Å². The van der Waals surface area contributed by atoms with E-state index in [4.69, 9.17) is 9.47 Å². The van der Waals surface area contributed by atoms with Crippen LogP contribution in [0.4, 0.5) is 0 Å². The summed E-state index contributed by atoms with van der Waals surface area (Å²) < 4.78 is 10.6. The van der Waals surface area contributed by atoms with E-state index in [2.05, 4.69) is 29.8 Å². The topological polar surface area (TPSA) is 30.5 Å². The van der Waals surface area contributed by atoms with Crippen LogP contribution in [-0.4, -0.2) is 32.5 Å². The molecule has 1 N–H and O–H groups in total. The predicted octanol–water partition coefficient (Wildman–Crippen LogP) is 1.81. The lowest BCUT2D eigenvalue weighted by Crippen LogP contribution is -2.37. The van der Waals surface area contributed by atoms with Gasteiger partial charge in [-0.25, -0.2) is 0 Å². The highest BCUT2D eigenvalue weighted by Crippen LogP contribution is 2.17. The molecule has 0 bridgehead atoms. The molecule has 1 aliphatic rings. The van der Waals surface area contributed by atoms with Crippen LogP contribution in [0.15, 0.2) is 17.5 Å². The normalized spacial score (nSPS) is 18.7. The van der Waals surface area contributed by atoms with Crippen LogP contribution in [-0.2, 0) is 9.47 Å². The van der Waals surface area contributed by atoms with Crippen LogP contribution in [0.2, 0.25) is 0 Å². The molecule has 3 nitrogen and oxygen atoms in total. The molecule has 2 rings (SSSR count). The van der Waals surface area contributed by atoms with Gasteiger partial charge in [0.2, 0.25) is 0 Å². The first kappa shape index (κ1) is 11.1. The van der Waals surface area contributed by atoms with E-state index in [1.54, 1.807) is 11.3 Å². The molecule has 0 aromatic carbocycles. The molecule has 1 aromatic rings. The van der Waals surface area contributed by atoms with Crippen molar-refractivity contribution in [3.8, 4) is 0 Å². The first-order chi connectivity index (χ1) is 7.36. The molecule has 0 amide bonds. The molecule has 1 atom stereocenters. The third-order valence-corrected chi connectivity index (χ3v) is 3.54. The van der Waals surface area contributed by atoms with Gasteiger partial charge in [-0.1, -0.05) is 6.07 Å². The summed E-state index contributed by atoms with van der Waals surface area (Å²) >= 11 is 1.79. The van der Waals surface area contributed by atoms with E-state index in [0.717, 1.165) is 26.4 Å². The molecular formula is C11H17NO2S. The summed E-state index contributed by atoms with van der Waals surface area (Å²) in [5.74, 6) is 0. The molecule has 0 radical (unpaired) electrons. The molecule has 15 heavy (non-hydrogen) atoms. The maximum atomic E-state index is 5.56. The van der Waals surface area contributed by atoms with Crippen molar-refractivity contribution in [2.24, 2.45) is 0 Å². The average Bonchev–Trinajstić information content (AvgIpc) is 2.67. The van der Waals surface area contributed by atoms with Crippen LogP contribution >= 0.6 is 11.3 Å². The summed E-state index contributed by atoms with van der Waals surface area (Å²) in [6, 6.07) is 4.66. The fourth-order valence-corrected chi connectivity index (χ4v) is 2.21. The summed E-state index contributed by atoms with van der Waals surface area (Å²) in [7, 11) is 0. The third-order valence-electron chi connectivity index (χ3n) is 2.48. The van der Waals surface area contributed by atoms with E-state index in [-0.39, 0.29) is 0 Å². The molecule has 0 aliphatic carbocycles. The van der Waals surface area contributed by atoms with Crippen LogP contribution in [0.1, 0.15) is 17.8 Å². The highest BCUT2D eigenvalue weighted by molar-refractivity contribution is 7.10. The fraction of sp³-hybridized carbons (Fsp3) is 0.636. The van der Waals surface area contributed by atoms with Gasteiger partial charge in [0, 0.05) is 17.5 Å². The Balaban J connectivity index is 1.57. The Kier molecular flexibility index (Phi) is 4.14. The molecule has 2 heterocycles. The summed E-state index contributed by atoms with van der Waals surface area (Å²) in [6.45, 7) is 5.37. The Morgan fingerprint density at radius 1 is 1.67 bits per heavy atom. The largest absolute Gasteiger partial charge is 0.376 e. The first-order valence-corrected chi connectivity index (χ1v) is 6.20. The van der Waals surface area contributed by atoms with Gasteiger partial charge < -0.3 is 14.8 Å². The number of hydrogen-bond acceptors (Lipinski definition) is 4. The number of thiophene rings is 1. The van der Waals surface area contributed by atoms with Crippen LogP contribution in [0.3, 0.4) is 0 Å². The van der Waals surface area contributed by atoms with Crippen molar-refractivity contribution in [3.63, 3.8) is 0 Å². The third kappa shape index (κ3) is 3.28. The molecule has 84 valence electrons. The molecule has 0 saturated carbocycles. The van der Waals surface area contributed by atoms with Gasteiger partial charge >= 0.3 is 0 Å². The monoisotopic (exact) mass is 227 g/mol. The molecule has 1 saturated heterocycles. The zero-order chi connectivity index (χ0) is 10.5. The molecule has 1 aromatic heterocycles. The van der Waals surface area contributed by atoms with Crippen LogP contribution in [0, 0.1) is 0 Å². The standard InChI is InChI=1S/C11H17NO2S/c1-9(11-3-2-6-15-11)12-4-5-14-10-7-13-8-10/h2-3,6,9-10,12H,4-5,7-8H2,1H3. The number of ether oxygens (including phenoxy) is 2. The van der Waals surface area contributed by atoms with Gasteiger partial charge in [-0.2, -0.15) is 0 Å². The highest BCUT2D eigenvalue weighted by atomic mass is 32.1. The zero-order valence-electron chi connectivity index (χ0n) is 8.94. The molecule has 1 unspecified atom stereocenters. The van der Waals surface area contributed by atoms with Gasteiger partial charge in [-0.3, -0.25) is 0 Å². The van der Waals surface area contributed by atoms with Crippen molar-refractivity contribution >= 4 is 11.3 Å². The van der Waals surface area contributed by atoms with Crippen molar-refractivity contribution in [1.29, 1.82) is 0 Å². The van der Waals surface area contributed by atoms with Gasteiger partial charge in [-0.05, 0) is 18.4 Å². The van der Waals surface area contributed by atoms with Crippen LogP contribution in [0.5, 0.6) is 0 Å². The Morgan fingerprint density at radius 3 is 3.13 bits per heavy atom. The minimum atomic E-state index is 0.337. The van der Waals surface area contributed by atoms with Crippen molar-refractivity contribution in [3.05, 3.63) is 22.4 Å². The van der Waals surface area contributed by atoms with E-state index in [1.807, 2.05) is 0 Å². The second kappa shape index (κ2) is 5.61. The lowest BCUT2D eigenvalue weighted by Gasteiger charge is -2.26. The fourth-order valence-electron chi connectivity index (χ4n) is 1.45. The van der Waals surface area contributed by atoms with Gasteiger partial charge in [-0.15, -0.1) is 11.3 Å². The van der Waals surface area contributed by atoms with Gasteiger partial charge in [0.15, 0.2) is 0 Å². The van der Waals surface area contributed by atoms with Crippen molar-refractivity contribution < 1.29 is 9.47 Å². The van der Waals surface area contributed by atoms with Gasteiger partial charge in [0.05, 0.1) is 19.8 Å². The van der Waals surface area contributed by atoms with Gasteiger partial charge in [0.1, 0.15) is 6.10 Å². The Hall–Kier alpha value is -0.420. The molecule has 0 spiro atoms. The molecular weight excluding hydrogens is 210 g/mol. The van der Waals surface area contributed by atoms with E-state index in [1.165, 1.54) is 4.88 Å². The van der Waals surface area contributed by atoms with E-state index in [9.17, 15) is 0 Å². The van der Waals surface area contributed by atoms with Crippen molar-refractivity contribution in [1.82, 2.24) is 5.32 Å². The summed E-state index contributed by atoms with van der Waals surface area (Å²) in [5.41, 5.74) is 0. The van der Waals surface area contributed by atoms with E-state index in [0.29, 0.717) is 12.1 Å². The van der Waals surface area contributed by atoms with Crippen LogP contribution < -0.4 is 5.32 Å². The minimum Gasteiger partial charge on any atom is -0.376 e. The SMILES string of the molecule is CC(NCCOC1COC1)c1cccs1. The van der Waals surface area contributed by atoms with E-state index >= 15 is 0 Å². The van der Waals surface area contributed by atoms with Crippen molar-refractivity contribution in [2.45, 2.75) is 19.1 Å². The maximum Gasteiger partial charge on any atom is 0.104 e. The quantitative estimate of drug-likeness (QED) is 0.752. The lowest BCUT2D eigenvalue weighted by molar-refractivity contribution is -0.128. The maximum absolute atomic E-state index is 5.56. The average molecular weight is 227 g/mol. The summed E-state index contributed by atoms with van der Waals surface area (Å²) in [6.07, 6.45) is 0.337. The lowest BCUT2D eigenvalue weighted by atomic mass is 10.3. The summed E-state index contributed by atoms with van der Waals surface area (Å²) in [5, 5.41) is 5.54. The smallest absolute Gasteiger partial charge is 0.104 e. The van der Waals surface area contributed by atoms with Crippen LogP contribution in [0.25, 0.3) is 0 Å². The highest BCUT2D eigenvalue weighted by Gasteiger charge is 2.18.